The summed E-state index contributed by atoms with van der Waals surface area (Å²) < 4.78 is 5.17. The summed E-state index contributed by atoms with van der Waals surface area (Å²) in [6.07, 6.45) is 1.67. The van der Waals surface area contributed by atoms with Crippen molar-refractivity contribution < 1.29 is 4.74 Å². The number of thioether (sulfide) groups is 1. The van der Waals surface area contributed by atoms with Gasteiger partial charge in [-0.2, -0.15) is 0 Å². The molecule has 0 bridgehead atoms. The highest BCUT2D eigenvalue weighted by molar-refractivity contribution is 7.99. The number of aromatic nitrogens is 1. The zero-order valence-corrected chi connectivity index (χ0v) is 13.0. The minimum Gasteiger partial charge on any atom is -0.497 e. The van der Waals surface area contributed by atoms with Crippen LogP contribution in [0.25, 0.3) is 0 Å². The van der Waals surface area contributed by atoms with Gasteiger partial charge in [-0.25, -0.2) is 4.98 Å². The Bertz CT molecular complexity index is 531. The molecule has 0 spiro atoms. The molecule has 0 saturated carbocycles. The molecule has 0 amide bonds. The number of hydrogen-bond donors (Lipinski definition) is 1. The molecule has 1 aromatic heterocycles. The van der Waals surface area contributed by atoms with Crippen LogP contribution in [-0.4, -0.2) is 24.9 Å². The second-order valence-electron chi connectivity index (χ2n) is 4.24. The third-order valence-corrected chi connectivity index (χ3v) is 4.23. The first-order valence-corrected chi connectivity index (χ1v) is 7.65. The molecule has 20 heavy (non-hydrogen) atoms. The van der Waals surface area contributed by atoms with Crippen molar-refractivity contribution in [3.63, 3.8) is 0 Å². The van der Waals surface area contributed by atoms with Crippen LogP contribution in [0, 0.1) is 0 Å². The molecule has 1 heterocycles. The average molecular weight is 309 g/mol. The molecule has 106 valence electrons. The topological polar surface area (TPSA) is 34.2 Å². The number of rotatable bonds is 6. The van der Waals surface area contributed by atoms with E-state index in [0.717, 1.165) is 16.5 Å². The Morgan fingerprint density at radius 2 is 2.00 bits per heavy atom. The fraction of sp³-hybridized carbons (Fsp3) is 0.267. The lowest BCUT2D eigenvalue weighted by Crippen LogP contribution is -2.18. The molecule has 0 saturated heterocycles. The molecule has 1 aromatic carbocycles. The summed E-state index contributed by atoms with van der Waals surface area (Å²) in [5.41, 5.74) is 1.23. The molecular formula is C15H17ClN2OS. The third kappa shape index (κ3) is 4.13. The summed E-state index contributed by atoms with van der Waals surface area (Å²) in [4.78, 5) is 4.29. The van der Waals surface area contributed by atoms with E-state index in [-0.39, 0.29) is 6.04 Å². The van der Waals surface area contributed by atoms with Gasteiger partial charge in [-0.3, -0.25) is 0 Å². The Morgan fingerprint density at radius 1 is 1.25 bits per heavy atom. The van der Waals surface area contributed by atoms with Crippen LogP contribution in [0.2, 0.25) is 5.02 Å². The first-order valence-electron chi connectivity index (χ1n) is 6.28. The van der Waals surface area contributed by atoms with Crippen molar-refractivity contribution in [2.45, 2.75) is 11.1 Å². The van der Waals surface area contributed by atoms with Gasteiger partial charge in [0.1, 0.15) is 5.75 Å². The van der Waals surface area contributed by atoms with Gasteiger partial charge < -0.3 is 10.1 Å². The van der Waals surface area contributed by atoms with E-state index in [9.17, 15) is 0 Å². The van der Waals surface area contributed by atoms with Gasteiger partial charge in [0.15, 0.2) is 0 Å². The number of halogens is 1. The van der Waals surface area contributed by atoms with Crippen LogP contribution in [0.5, 0.6) is 5.75 Å². The fourth-order valence-corrected chi connectivity index (χ4v) is 2.90. The number of methoxy groups -OCH3 is 1. The smallest absolute Gasteiger partial charge is 0.118 e. The molecule has 0 radical (unpaired) electrons. The molecule has 3 nitrogen and oxygen atoms in total. The summed E-state index contributed by atoms with van der Waals surface area (Å²) in [7, 11) is 3.64. The summed E-state index contributed by atoms with van der Waals surface area (Å²) in [6.45, 7) is 0. The molecule has 2 rings (SSSR count). The van der Waals surface area contributed by atoms with E-state index in [1.807, 2.05) is 31.3 Å². The van der Waals surface area contributed by atoms with E-state index in [4.69, 9.17) is 16.3 Å². The van der Waals surface area contributed by atoms with Crippen LogP contribution in [-0.2, 0) is 0 Å². The van der Waals surface area contributed by atoms with Crippen molar-refractivity contribution in [2.24, 2.45) is 0 Å². The van der Waals surface area contributed by atoms with E-state index in [1.165, 1.54) is 5.56 Å². The largest absolute Gasteiger partial charge is 0.497 e. The van der Waals surface area contributed by atoms with Crippen LogP contribution >= 0.6 is 23.4 Å². The number of pyridine rings is 1. The number of benzene rings is 1. The highest BCUT2D eigenvalue weighted by atomic mass is 35.5. The Labute approximate surface area is 128 Å². The Hall–Kier alpha value is -1.23. The van der Waals surface area contributed by atoms with Gasteiger partial charge in [-0.1, -0.05) is 23.7 Å². The summed E-state index contributed by atoms with van der Waals surface area (Å²) in [6, 6.07) is 12.2. The van der Waals surface area contributed by atoms with Crippen molar-refractivity contribution >= 4 is 23.4 Å². The Kier molecular flexibility index (Phi) is 5.71. The summed E-state index contributed by atoms with van der Waals surface area (Å²) in [5, 5.41) is 4.96. The monoisotopic (exact) mass is 308 g/mol. The maximum atomic E-state index is 5.83. The molecule has 5 heteroatoms. The maximum Gasteiger partial charge on any atom is 0.118 e. The zero-order chi connectivity index (χ0) is 14.4. The minimum atomic E-state index is 0.267. The molecular weight excluding hydrogens is 292 g/mol. The van der Waals surface area contributed by atoms with Crippen molar-refractivity contribution in [3.8, 4) is 5.75 Å². The lowest BCUT2D eigenvalue weighted by Gasteiger charge is -2.16. The molecule has 1 N–H and O–H groups in total. The van der Waals surface area contributed by atoms with E-state index in [2.05, 4.69) is 22.4 Å². The first kappa shape index (κ1) is 15.2. The molecule has 0 fully saturated rings. The molecule has 0 aliphatic rings. The SMILES string of the molecule is CNC(CSc1ccc(Cl)cn1)c1ccc(OC)cc1. The minimum absolute atomic E-state index is 0.267. The normalized spacial score (nSPS) is 12.2. The Balaban J connectivity index is 1.99. The predicted molar refractivity (Wildman–Crippen MR) is 84.8 cm³/mol. The summed E-state index contributed by atoms with van der Waals surface area (Å²) >= 11 is 7.53. The fourth-order valence-electron chi connectivity index (χ4n) is 1.80. The average Bonchev–Trinajstić information content (AvgIpc) is 2.50. The van der Waals surface area contributed by atoms with Crippen molar-refractivity contribution in [1.29, 1.82) is 0 Å². The van der Waals surface area contributed by atoms with E-state index in [0.29, 0.717) is 5.02 Å². The van der Waals surface area contributed by atoms with Gasteiger partial charge >= 0.3 is 0 Å². The van der Waals surface area contributed by atoms with Crippen LogP contribution in [0.15, 0.2) is 47.6 Å². The van der Waals surface area contributed by atoms with Crippen LogP contribution in [0.4, 0.5) is 0 Å². The van der Waals surface area contributed by atoms with Crippen LogP contribution in [0.1, 0.15) is 11.6 Å². The van der Waals surface area contributed by atoms with E-state index < -0.39 is 0 Å². The number of ether oxygens (including phenoxy) is 1. The highest BCUT2D eigenvalue weighted by Gasteiger charge is 2.10. The lowest BCUT2D eigenvalue weighted by atomic mass is 10.1. The Morgan fingerprint density at radius 3 is 2.55 bits per heavy atom. The van der Waals surface area contributed by atoms with E-state index >= 15 is 0 Å². The molecule has 2 aromatic rings. The summed E-state index contributed by atoms with van der Waals surface area (Å²) in [5.74, 6) is 1.77. The van der Waals surface area contributed by atoms with Gasteiger partial charge in [0, 0.05) is 18.0 Å². The van der Waals surface area contributed by atoms with Crippen LogP contribution < -0.4 is 10.1 Å². The number of nitrogens with one attached hydrogen (secondary N) is 1. The number of hydrogen-bond acceptors (Lipinski definition) is 4. The molecule has 1 unspecified atom stereocenters. The maximum absolute atomic E-state index is 5.83. The van der Waals surface area contributed by atoms with Crippen molar-refractivity contribution in [3.05, 3.63) is 53.2 Å². The standard InChI is InChI=1S/C15H17ClN2OS/c1-17-14(11-3-6-13(19-2)7-4-11)10-20-15-8-5-12(16)9-18-15/h3-9,14,17H,10H2,1-2H3. The van der Waals surface area contributed by atoms with Gasteiger partial charge in [0.2, 0.25) is 0 Å². The highest BCUT2D eigenvalue weighted by Crippen LogP contribution is 2.25. The van der Waals surface area contributed by atoms with Crippen molar-refractivity contribution in [2.75, 3.05) is 19.9 Å². The lowest BCUT2D eigenvalue weighted by molar-refractivity contribution is 0.414. The van der Waals surface area contributed by atoms with Crippen molar-refractivity contribution in [1.82, 2.24) is 10.3 Å². The second kappa shape index (κ2) is 7.53. The van der Waals surface area contributed by atoms with Gasteiger partial charge in [0.25, 0.3) is 0 Å². The third-order valence-electron chi connectivity index (χ3n) is 2.96. The van der Waals surface area contributed by atoms with Gasteiger partial charge in [0.05, 0.1) is 17.2 Å². The van der Waals surface area contributed by atoms with E-state index in [1.54, 1.807) is 25.1 Å². The van der Waals surface area contributed by atoms with Crippen LogP contribution in [0.3, 0.4) is 0 Å². The quantitative estimate of drug-likeness (QED) is 0.823. The second-order valence-corrected chi connectivity index (χ2v) is 5.72. The molecule has 0 aliphatic carbocycles. The zero-order valence-electron chi connectivity index (χ0n) is 11.5. The molecule has 0 aliphatic heterocycles. The van der Waals surface area contributed by atoms with Gasteiger partial charge in [-0.15, -0.1) is 11.8 Å². The first-order chi connectivity index (χ1) is 9.72. The molecule has 1 atom stereocenters. The van der Waals surface area contributed by atoms with Gasteiger partial charge in [-0.05, 0) is 36.9 Å². The predicted octanol–water partition coefficient (Wildman–Crippen LogP) is 3.80. The number of nitrogens with zero attached hydrogens (tertiary/aromatic N) is 1.